The van der Waals surface area contributed by atoms with Crippen LogP contribution in [0.2, 0.25) is 10.0 Å². The standard InChI is InChI=1S/C29H30Cl2FN5O3/c1-28(2,3)14-21-29(15-33,17-7-9-18(30)10-8-17)24(19-5-4-6-20(31)25(19)32)26(27(39)40)37(21)23(13-22(34)38)36-12-11-35-16-36/h4-12,16,21,23-24,26H,13-14H2,1-3H3,(H2,34,38)(H,39,40)/t21-,23?,24-,26+,29-/m0/s1. The summed E-state index contributed by atoms with van der Waals surface area (Å²) in [6, 6.07) is 11.1. The van der Waals surface area contributed by atoms with E-state index in [0.717, 1.165) is 0 Å². The Labute approximate surface area is 242 Å². The maximum Gasteiger partial charge on any atom is 0.321 e. The largest absolute Gasteiger partial charge is 0.480 e. The van der Waals surface area contributed by atoms with Gasteiger partial charge in [-0.05, 0) is 41.2 Å². The number of benzene rings is 2. The number of amides is 1. The number of nitriles is 1. The van der Waals surface area contributed by atoms with Gasteiger partial charge in [-0.3, -0.25) is 14.5 Å². The average Bonchev–Trinajstić information content (AvgIpc) is 3.49. The number of nitrogens with two attached hydrogens (primary N) is 1. The second-order valence-corrected chi connectivity index (χ2v) is 12.1. The molecule has 4 rings (SSSR count). The molecular formula is C29H30Cl2FN5O3. The Kier molecular flexibility index (Phi) is 8.27. The third-order valence-corrected chi connectivity index (χ3v) is 8.04. The van der Waals surface area contributed by atoms with Crippen LogP contribution in [0.25, 0.3) is 0 Å². The number of carbonyl (C=O) groups excluding carboxylic acids is 1. The highest BCUT2D eigenvalue weighted by Crippen LogP contribution is 2.58. The fraction of sp³-hybridized carbons (Fsp3) is 0.379. The number of carbonyl (C=O) groups is 2. The summed E-state index contributed by atoms with van der Waals surface area (Å²) in [5.41, 5.74) is 4.10. The van der Waals surface area contributed by atoms with Crippen LogP contribution in [-0.2, 0) is 15.0 Å². The summed E-state index contributed by atoms with van der Waals surface area (Å²) in [5, 5.41) is 22.2. The van der Waals surface area contributed by atoms with Crippen LogP contribution in [0.15, 0.2) is 61.2 Å². The highest BCUT2D eigenvalue weighted by atomic mass is 35.5. The summed E-state index contributed by atoms with van der Waals surface area (Å²) < 4.78 is 17.5. The summed E-state index contributed by atoms with van der Waals surface area (Å²) in [5.74, 6) is -4.01. The molecule has 1 aromatic heterocycles. The molecule has 210 valence electrons. The zero-order chi connectivity index (χ0) is 29.4. The lowest BCUT2D eigenvalue weighted by atomic mass is 9.63. The van der Waals surface area contributed by atoms with Gasteiger partial charge in [0.2, 0.25) is 5.91 Å². The highest BCUT2D eigenvalue weighted by Gasteiger charge is 2.65. The van der Waals surface area contributed by atoms with Crippen molar-refractivity contribution in [3.63, 3.8) is 0 Å². The second kappa shape index (κ2) is 11.2. The number of carboxylic acid groups (broad SMARTS) is 1. The molecule has 0 aliphatic carbocycles. The Morgan fingerprint density at radius 1 is 1.23 bits per heavy atom. The Morgan fingerprint density at radius 2 is 1.90 bits per heavy atom. The summed E-state index contributed by atoms with van der Waals surface area (Å²) in [7, 11) is 0. The molecule has 1 amide bonds. The number of hydrogen-bond donors (Lipinski definition) is 2. The number of halogens is 3. The maximum atomic E-state index is 15.9. The van der Waals surface area contributed by atoms with Crippen LogP contribution in [0, 0.1) is 22.6 Å². The minimum Gasteiger partial charge on any atom is -0.480 e. The number of nitrogens with zero attached hydrogens (tertiary/aromatic N) is 4. The second-order valence-electron chi connectivity index (χ2n) is 11.3. The van der Waals surface area contributed by atoms with Crippen molar-refractivity contribution in [2.75, 3.05) is 0 Å². The number of likely N-dealkylation sites (tertiary alicyclic amines) is 1. The lowest BCUT2D eigenvalue weighted by Gasteiger charge is -2.42. The quantitative estimate of drug-likeness (QED) is 0.358. The van der Waals surface area contributed by atoms with E-state index in [9.17, 15) is 20.0 Å². The molecule has 3 aromatic rings. The third kappa shape index (κ3) is 5.31. The highest BCUT2D eigenvalue weighted by molar-refractivity contribution is 6.31. The van der Waals surface area contributed by atoms with E-state index in [1.807, 2.05) is 20.8 Å². The fourth-order valence-corrected chi connectivity index (χ4v) is 6.35. The molecule has 3 N–H and O–H groups in total. The molecular weight excluding hydrogens is 556 g/mol. The van der Waals surface area contributed by atoms with Crippen molar-refractivity contribution >= 4 is 35.1 Å². The molecule has 0 bridgehead atoms. The van der Waals surface area contributed by atoms with E-state index >= 15 is 4.39 Å². The lowest BCUT2D eigenvalue weighted by molar-refractivity contribution is -0.146. The molecule has 1 unspecified atom stereocenters. The number of carboxylic acids is 1. The van der Waals surface area contributed by atoms with Crippen LogP contribution in [0.4, 0.5) is 4.39 Å². The number of aliphatic carboxylic acids is 1. The Morgan fingerprint density at radius 3 is 2.42 bits per heavy atom. The van der Waals surface area contributed by atoms with Crippen LogP contribution in [0.5, 0.6) is 0 Å². The molecule has 1 aliphatic heterocycles. The zero-order valence-electron chi connectivity index (χ0n) is 22.3. The van der Waals surface area contributed by atoms with Crippen molar-refractivity contribution in [2.24, 2.45) is 11.1 Å². The van der Waals surface area contributed by atoms with Gasteiger partial charge < -0.3 is 15.4 Å². The normalized spacial score (nSPS) is 24.0. The van der Waals surface area contributed by atoms with Gasteiger partial charge >= 0.3 is 5.97 Å². The van der Waals surface area contributed by atoms with E-state index in [-0.39, 0.29) is 17.0 Å². The van der Waals surface area contributed by atoms with Crippen LogP contribution < -0.4 is 5.73 Å². The van der Waals surface area contributed by atoms with Crippen LogP contribution in [0.1, 0.15) is 56.8 Å². The smallest absolute Gasteiger partial charge is 0.321 e. The number of primary amides is 1. The summed E-state index contributed by atoms with van der Waals surface area (Å²) in [6.45, 7) is 5.91. The van der Waals surface area contributed by atoms with Crippen molar-refractivity contribution in [3.8, 4) is 6.07 Å². The van der Waals surface area contributed by atoms with E-state index in [1.54, 1.807) is 39.9 Å². The molecule has 40 heavy (non-hydrogen) atoms. The molecule has 0 spiro atoms. The first-order valence-corrected chi connectivity index (χ1v) is 13.4. The van der Waals surface area contributed by atoms with Crippen molar-refractivity contribution in [2.45, 2.75) is 63.2 Å². The number of aromatic nitrogens is 2. The van der Waals surface area contributed by atoms with Crippen molar-refractivity contribution < 1.29 is 19.1 Å². The Balaban J connectivity index is 2.15. The maximum absolute atomic E-state index is 15.9. The van der Waals surface area contributed by atoms with Crippen molar-refractivity contribution in [1.82, 2.24) is 14.5 Å². The summed E-state index contributed by atoms with van der Waals surface area (Å²) in [4.78, 5) is 31.4. The molecule has 8 nitrogen and oxygen atoms in total. The molecule has 1 saturated heterocycles. The first-order chi connectivity index (χ1) is 18.8. The van der Waals surface area contributed by atoms with Gasteiger partial charge in [0, 0.05) is 29.4 Å². The average molecular weight is 586 g/mol. The minimum atomic E-state index is -1.61. The van der Waals surface area contributed by atoms with Crippen LogP contribution in [0.3, 0.4) is 0 Å². The van der Waals surface area contributed by atoms with E-state index < -0.39 is 52.7 Å². The number of hydrogen-bond acceptors (Lipinski definition) is 5. The SMILES string of the molecule is CC(C)(C)C[C@@H]1N(C(CC(N)=O)n2ccnc2)[C@@H](C(=O)O)[C@H](c2cccc(Cl)c2F)[C@@]1(C#N)c1ccc(Cl)cc1. The Hall–Kier alpha value is -3.45. The lowest BCUT2D eigenvalue weighted by Crippen LogP contribution is -2.50. The van der Waals surface area contributed by atoms with Gasteiger partial charge in [0.1, 0.15) is 17.3 Å². The predicted octanol–water partition coefficient (Wildman–Crippen LogP) is 5.52. The van der Waals surface area contributed by atoms with E-state index in [4.69, 9.17) is 28.9 Å². The minimum absolute atomic E-state index is 0.0127. The first kappa shape index (κ1) is 29.5. The molecule has 5 atom stereocenters. The van der Waals surface area contributed by atoms with E-state index in [1.165, 1.54) is 30.7 Å². The van der Waals surface area contributed by atoms with Gasteiger partial charge in [-0.15, -0.1) is 0 Å². The monoisotopic (exact) mass is 585 g/mol. The van der Waals surface area contributed by atoms with Gasteiger partial charge in [-0.1, -0.05) is 68.2 Å². The molecule has 2 aromatic carbocycles. The van der Waals surface area contributed by atoms with Crippen molar-refractivity contribution in [1.29, 1.82) is 5.26 Å². The van der Waals surface area contributed by atoms with E-state index in [0.29, 0.717) is 17.0 Å². The van der Waals surface area contributed by atoms with Gasteiger partial charge in [0.15, 0.2) is 0 Å². The third-order valence-electron chi connectivity index (χ3n) is 7.49. The molecule has 1 aliphatic rings. The van der Waals surface area contributed by atoms with Crippen LogP contribution in [-0.4, -0.2) is 43.5 Å². The van der Waals surface area contributed by atoms with Crippen molar-refractivity contribution in [3.05, 3.63) is 88.2 Å². The number of rotatable bonds is 8. The fourth-order valence-electron chi connectivity index (χ4n) is 6.04. The predicted molar refractivity (Wildman–Crippen MR) is 149 cm³/mol. The van der Waals surface area contributed by atoms with Gasteiger partial charge in [-0.25, -0.2) is 9.37 Å². The molecule has 1 fully saturated rings. The van der Waals surface area contributed by atoms with Gasteiger partial charge in [-0.2, -0.15) is 5.26 Å². The zero-order valence-corrected chi connectivity index (χ0v) is 23.8. The van der Waals surface area contributed by atoms with Gasteiger partial charge in [0.05, 0.1) is 30.0 Å². The first-order valence-electron chi connectivity index (χ1n) is 12.7. The molecule has 2 heterocycles. The molecule has 11 heteroatoms. The summed E-state index contributed by atoms with van der Waals surface area (Å²) >= 11 is 12.4. The van der Waals surface area contributed by atoms with Crippen LogP contribution >= 0.6 is 23.2 Å². The molecule has 0 radical (unpaired) electrons. The van der Waals surface area contributed by atoms with Gasteiger partial charge in [0.25, 0.3) is 0 Å². The topological polar surface area (TPSA) is 125 Å². The molecule has 0 saturated carbocycles. The Bertz CT molecular complexity index is 1440. The van der Waals surface area contributed by atoms with E-state index in [2.05, 4.69) is 11.1 Å². The summed E-state index contributed by atoms with van der Waals surface area (Å²) in [6.07, 6.45) is 3.68. The number of imidazole rings is 1.